The van der Waals surface area contributed by atoms with Gasteiger partial charge in [-0.1, -0.05) is 0 Å². The lowest BCUT2D eigenvalue weighted by atomic mass is 10.1. The number of fused-ring (bicyclic) bond motifs is 3. The number of ether oxygens (including phenoxy) is 1. The van der Waals surface area contributed by atoms with E-state index in [0.29, 0.717) is 25.1 Å². The summed E-state index contributed by atoms with van der Waals surface area (Å²) < 4.78 is 5.60. The summed E-state index contributed by atoms with van der Waals surface area (Å²) in [6, 6.07) is 4.50. The Labute approximate surface area is 161 Å². The minimum atomic E-state index is 0.205. The number of ketones is 1. The molecule has 0 unspecified atom stereocenters. The first-order chi connectivity index (χ1) is 13.1. The summed E-state index contributed by atoms with van der Waals surface area (Å²) in [5.41, 5.74) is 2.68. The summed E-state index contributed by atoms with van der Waals surface area (Å²) in [6.45, 7) is 4.12. The maximum atomic E-state index is 12.5. The van der Waals surface area contributed by atoms with Gasteiger partial charge in [-0.15, -0.1) is 11.3 Å². The summed E-state index contributed by atoms with van der Waals surface area (Å²) in [6.07, 6.45) is 7.22. The maximum absolute atomic E-state index is 12.5. The highest BCUT2D eigenvalue weighted by Crippen LogP contribution is 2.28. The average Bonchev–Trinajstić information content (AvgIpc) is 3.38. The van der Waals surface area contributed by atoms with Crippen LogP contribution >= 0.6 is 11.3 Å². The molecule has 0 aromatic carbocycles. The first kappa shape index (κ1) is 16.9. The summed E-state index contributed by atoms with van der Waals surface area (Å²) in [4.78, 5) is 29.1. The monoisotopic (exact) mass is 380 g/mol. The number of carbonyl (C=O) groups is 1. The van der Waals surface area contributed by atoms with Crippen LogP contribution in [0.15, 0.2) is 30.7 Å². The molecule has 2 bridgehead atoms. The van der Waals surface area contributed by atoms with Crippen molar-refractivity contribution in [2.24, 2.45) is 0 Å². The predicted molar refractivity (Wildman–Crippen MR) is 104 cm³/mol. The fraction of sp³-hybridized carbons (Fsp3) is 0.400. The van der Waals surface area contributed by atoms with Crippen LogP contribution in [0.1, 0.15) is 17.1 Å². The van der Waals surface area contributed by atoms with E-state index < -0.39 is 0 Å². The minimum Gasteiger partial charge on any atom is -0.375 e. The third-order valence-electron chi connectivity index (χ3n) is 5.30. The van der Waals surface area contributed by atoms with Gasteiger partial charge in [-0.3, -0.25) is 19.7 Å². The Morgan fingerprint density at radius 2 is 2.19 bits per heavy atom. The number of aromatic nitrogens is 3. The number of rotatable bonds is 5. The van der Waals surface area contributed by atoms with Crippen molar-refractivity contribution in [3.05, 3.63) is 41.4 Å². The number of aryl methyl sites for hydroxylation is 1. The minimum absolute atomic E-state index is 0.205. The molecule has 138 valence electrons. The molecule has 0 aliphatic carbocycles. The van der Waals surface area contributed by atoms with Gasteiger partial charge in [-0.05, 0) is 25.5 Å². The second-order valence-corrected chi connectivity index (χ2v) is 8.56. The van der Waals surface area contributed by atoms with Gasteiger partial charge in [0, 0.05) is 41.6 Å². The van der Waals surface area contributed by atoms with Gasteiger partial charge >= 0.3 is 0 Å². The molecule has 2 saturated heterocycles. The Hall–Kier alpha value is -2.22. The largest absolute Gasteiger partial charge is 0.375 e. The Balaban J connectivity index is 1.33. The predicted octanol–water partition coefficient (Wildman–Crippen LogP) is 2.65. The number of morpholine rings is 1. The number of carbonyl (C=O) groups excluding carboxylic acids is 1. The average molecular weight is 380 g/mol. The molecule has 5 rings (SSSR count). The standard InChI is InChI=1S/C20H20N4O2S/c1-12-21-8-20(27-12)14-2-13-3-15(22-7-19(13)23-6-14)4-17(25)9-24-10-18-5-16(24)11-26-18/h2-3,6-8,16,18H,4-5,9-11H2,1H3/t16-,18-/m1/s1. The van der Waals surface area contributed by atoms with Crippen molar-refractivity contribution in [3.8, 4) is 10.4 Å². The van der Waals surface area contributed by atoms with E-state index in [-0.39, 0.29) is 5.78 Å². The number of pyridine rings is 2. The van der Waals surface area contributed by atoms with Crippen molar-refractivity contribution in [2.45, 2.75) is 31.9 Å². The molecular formula is C20H20N4O2S. The van der Waals surface area contributed by atoms with E-state index in [4.69, 9.17) is 4.74 Å². The van der Waals surface area contributed by atoms with Crippen LogP contribution in [0.3, 0.4) is 0 Å². The van der Waals surface area contributed by atoms with Gasteiger partial charge in [-0.25, -0.2) is 4.98 Å². The highest BCUT2D eigenvalue weighted by molar-refractivity contribution is 7.15. The Bertz CT molecular complexity index is 1020. The Morgan fingerprint density at radius 3 is 2.93 bits per heavy atom. The first-order valence-electron chi connectivity index (χ1n) is 9.19. The van der Waals surface area contributed by atoms with Gasteiger partial charge in [0.1, 0.15) is 0 Å². The number of nitrogens with zero attached hydrogens (tertiary/aromatic N) is 4. The number of likely N-dealkylation sites (tertiary alicyclic amines) is 1. The highest BCUT2D eigenvalue weighted by Gasteiger charge is 2.39. The zero-order valence-corrected chi connectivity index (χ0v) is 15.9. The summed E-state index contributed by atoms with van der Waals surface area (Å²) in [5, 5.41) is 2.04. The lowest BCUT2D eigenvalue weighted by molar-refractivity contribution is -0.120. The molecule has 0 spiro atoms. The fourth-order valence-electron chi connectivity index (χ4n) is 3.96. The molecule has 0 radical (unpaired) electrons. The van der Waals surface area contributed by atoms with Gasteiger partial charge < -0.3 is 4.74 Å². The molecular weight excluding hydrogens is 360 g/mol. The summed E-state index contributed by atoms with van der Waals surface area (Å²) in [7, 11) is 0. The van der Waals surface area contributed by atoms with Crippen LogP contribution in [0.5, 0.6) is 0 Å². The fourth-order valence-corrected chi connectivity index (χ4v) is 4.72. The molecule has 7 heteroatoms. The second-order valence-electron chi connectivity index (χ2n) is 7.33. The Morgan fingerprint density at radius 1 is 1.26 bits per heavy atom. The SMILES string of the molecule is Cc1ncc(-c2cnc3cnc(CC(=O)CN4C[C@H]5C[C@@H]4CO5)cc3c2)s1. The molecule has 0 N–H and O–H groups in total. The number of Topliss-reactive ketones (excluding diaryl/α,β-unsaturated/α-hetero) is 1. The van der Waals surface area contributed by atoms with Crippen LogP contribution < -0.4 is 0 Å². The van der Waals surface area contributed by atoms with Crippen LogP contribution in [-0.4, -0.2) is 57.5 Å². The number of hydrogen-bond acceptors (Lipinski definition) is 7. The van der Waals surface area contributed by atoms with Gasteiger partial charge in [0.2, 0.25) is 0 Å². The summed E-state index contributed by atoms with van der Waals surface area (Å²) in [5.74, 6) is 0.205. The third-order valence-corrected chi connectivity index (χ3v) is 6.26. The van der Waals surface area contributed by atoms with Gasteiger partial charge in [0.25, 0.3) is 0 Å². The van der Waals surface area contributed by atoms with E-state index in [2.05, 4.69) is 25.9 Å². The molecule has 3 aromatic rings. The quantitative estimate of drug-likeness (QED) is 0.678. The van der Waals surface area contributed by atoms with Crippen molar-refractivity contribution in [2.75, 3.05) is 19.7 Å². The van der Waals surface area contributed by atoms with E-state index >= 15 is 0 Å². The third kappa shape index (κ3) is 3.38. The van der Waals surface area contributed by atoms with E-state index in [9.17, 15) is 4.79 Å². The molecule has 2 atom stereocenters. The van der Waals surface area contributed by atoms with Crippen molar-refractivity contribution in [1.29, 1.82) is 0 Å². The van der Waals surface area contributed by atoms with Gasteiger partial charge in [-0.2, -0.15) is 0 Å². The first-order valence-corrected chi connectivity index (χ1v) is 10.0. The Kier molecular flexibility index (Phi) is 4.22. The molecule has 2 fully saturated rings. The molecule has 3 aromatic heterocycles. The normalized spacial score (nSPS) is 22.0. The van der Waals surface area contributed by atoms with Crippen molar-refractivity contribution < 1.29 is 9.53 Å². The van der Waals surface area contributed by atoms with E-state index in [1.807, 2.05) is 25.4 Å². The van der Waals surface area contributed by atoms with E-state index in [1.165, 1.54) is 0 Å². The van der Waals surface area contributed by atoms with Gasteiger partial charge in [0.05, 0.1) is 47.3 Å². The van der Waals surface area contributed by atoms with E-state index in [0.717, 1.165) is 51.6 Å². The van der Waals surface area contributed by atoms with E-state index in [1.54, 1.807) is 17.5 Å². The highest BCUT2D eigenvalue weighted by atomic mass is 32.1. The number of hydrogen-bond donors (Lipinski definition) is 0. The zero-order chi connectivity index (χ0) is 18.4. The topological polar surface area (TPSA) is 68.2 Å². The van der Waals surface area contributed by atoms with Gasteiger partial charge in [0.15, 0.2) is 5.78 Å². The zero-order valence-electron chi connectivity index (χ0n) is 15.1. The second kappa shape index (κ2) is 6.74. The van der Waals surface area contributed by atoms with Crippen LogP contribution in [0.2, 0.25) is 0 Å². The summed E-state index contributed by atoms with van der Waals surface area (Å²) >= 11 is 1.65. The van der Waals surface area contributed by atoms with Crippen LogP contribution in [0.4, 0.5) is 0 Å². The van der Waals surface area contributed by atoms with Crippen LogP contribution in [-0.2, 0) is 16.0 Å². The molecule has 5 heterocycles. The lowest BCUT2D eigenvalue weighted by Crippen LogP contribution is -2.40. The maximum Gasteiger partial charge on any atom is 0.152 e. The van der Waals surface area contributed by atoms with Crippen molar-refractivity contribution >= 4 is 28.0 Å². The van der Waals surface area contributed by atoms with Crippen molar-refractivity contribution in [1.82, 2.24) is 19.9 Å². The van der Waals surface area contributed by atoms with Crippen LogP contribution in [0, 0.1) is 6.92 Å². The smallest absolute Gasteiger partial charge is 0.152 e. The number of thiazole rings is 1. The molecule has 27 heavy (non-hydrogen) atoms. The van der Waals surface area contributed by atoms with Crippen molar-refractivity contribution in [3.63, 3.8) is 0 Å². The molecule has 2 aliphatic rings. The molecule has 0 amide bonds. The molecule has 6 nitrogen and oxygen atoms in total. The molecule has 0 saturated carbocycles. The lowest BCUT2D eigenvalue weighted by Gasteiger charge is -2.25. The van der Waals surface area contributed by atoms with Crippen LogP contribution in [0.25, 0.3) is 21.3 Å². The molecule has 2 aliphatic heterocycles.